The first-order valence-electron chi connectivity index (χ1n) is 8.91. The van der Waals surface area contributed by atoms with Crippen molar-refractivity contribution in [3.8, 4) is 0 Å². The average molecular weight is 379 g/mol. The zero-order chi connectivity index (χ0) is 19.8. The number of halogens is 1. The van der Waals surface area contributed by atoms with E-state index in [2.05, 4.69) is 10.3 Å². The lowest BCUT2D eigenvalue weighted by Gasteiger charge is -2.17. The largest absolute Gasteiger partial charge is 0.347 e. The molecule has 7 heteroatoms. The van der Waals surface area contributed by atoms with E-state index in [9.17, 15) is 18.8 Å². The fraction of sp³-hybridized carbons (Fsp3) is 0.190. The number of amides is 2. The van der Waals surface area contributed by atoms with Crippen molar-refractivity contribution in [2.45, 2.75) is 19.4 Å². The van der Waals surface area contributed by atoms with Gasteiger partial charge in [-0.05, 0) is 37.3 Å². The molecule has 0 unspecified atom stereocenters. The van der Waals surface area contributed by atoms with Gasteiger partial charge in [0, 0.05) is 30.1 Å². The standard InChI is InChI=1S/C21H18FN3O3/c1-12-2-5-15(6-3-12)25-11-14(9-20(25)27)23-21(28)17-10-19(26)24-18-8-13(22)4-7-16(17)18/h2-8,10,14H,9,11H2,1H3,(H,23,28)(H,24,26)/t14-/m0/s1. The van der Waals surface area contributed by atoms with Crippen LogP contribution in [0.3, 0.4) is 0 Å². The van der Waals surface area contributed by atoms with Crippen LogP contribution in [0, 0.1) is 12.7 Å². The van der Waals surface area contributed by atoms with Gasteiger partial charge in [-0.1, -0.05) is 17.7 Å². The van der Waals surface area contributed by atoms with E-state index in [-0.39, 0.29) is 29.4 Å². The maximum absolute atomic E-state index is 13.4. The van der Waals surface area contributed by atoms with Crippen LogP contribution >= 0.6 is 0 Å². The predicted octanol–water partition coefficient (Wildman–Crippen LogP) is 2.51. The number of hydrogen-bond acceptors (Lipinski definition) is 3. The minimum absolute atomic E-state index is 0.0769. The molecule has 28 heavy (non-hydrogen) atoms. The van der Waals surface area contributed by atoms with E-state index >= 15 is 0 Å². The van der Waals surface area contributed by atoms with Crippen LogP contribution in [0.5, 0.6) is 0 Å². The highest BCUT2D eigenvalue weighted by Gasteiger charge is 2.32. The minimum Gasteiger partial charge on any atom is -0.347 e. The van der Waals surface area contributed by atoms with Gasteiger partial charge >= 0.3 is 0 Å². The fourth-order valence-corrected chi connectivity index (χ4v) is 3.46. The highest BCUT2D eigenvalue weighted by atomic mass is 19.1. The highest BCUT2D eigenvalue weighted by molar-refractivity contribution is 6.06. The van der Waals surface area contributed by atoms with Gasteiger partial charge < -0.3 is 15.2 Å². The number of fused-ring (bicyclic) bond motifs is 1. The Morgan fingerprint density at radius 1 is 1.14 bits per heavy atom. The monoisotopic (exact) mass is 379 g/mol. The Balaban J connectivity index is 1.56. The lowest BCUT2D eigenvalue weighted by molar-refractivity contribution is -0.117. The molecular formula is C21H18FN3O3. The summed E-state index contributed by atoms with van der Waals surface area (Å²) in [6.07, 6.45) is 0.176. The molecule has 4 rings (SSSR count). The molecule has 0 spiro atoms. The second-order valence-electron chi connectivity index (χ2n) is 6.95. The number of benzene rings is 2. The zero-order valence-corrected chi connectivity index (χ0v) is 15.2. The molecule has 2 N–H and O–H groups in total. The Labute approximate surface area is 160 Å². The molecule has 0 bridgehead atoms. The summed E-state index contributed by atoms with van der Waals surface area (Å²) in [5, 5.41) is 3.27. The first kappa shape index (κ1) is 17.9. The van der Waals surface area contributed by atoms with Gasteiger partial charge in [-0.2, -0.15) is 0 Å². The van der Waals surface area contributed by atoms with Crippen LogP contribution < -0.4 is 15.8 Å². The molecule has 1 aliphatic rings. The average Bonchev–Trinajstić information content (AvgIpc) is 3.01. The van der Waals surface area contributed by atoms with Crippen LogP contribution in [0.2, 0.25) is 0 Å². The van der Waals surface area contributed by atoms with Gasteiger partial charge in [0.1, 0.15) is 5.82 Å². The summed E-state index contributed by atoms with van der Waals surface area (Å²) in [5.74, 6) is -1.05. The molecule has 2 heterocycles. The Morgan fingerprint density at radius 2 is 1.89 bits per heavy atom. The van der Waals surface area contributed by atoms with Crippen molar-refractivity contribution >= 4 is 28.4 Å². The minimum atomic E-state index is -0.504. The summed E-state index contributed by atoms with van der Waals surface area (Å²) in [4.78, 5) is 41.1. The van der Waals surface area contributed by atoms with E-state index in [0.717, 1.165) is 11.3 Å². The second-order valence-corrected chi connectivity index (χ2v) is 6.95. The van der Waals surface area contributed by atoms with Crippen molar-refractivity contribution in [2.75, 3.05) is 11.4 Å². The number of hydrogen-bond donors (Lipinski definition) is 2. The number of carbonyl (C=O) groups is 2. The van der Waals surface area contributed by atoms with Crippen LogP contribution in [0.4, 0.5) is 10.1 Å². The van der Waals surface area contributed by atoms with Gasteiger partial charge in [0.05, 0.1) is 17.1 Å². The number of anilines is 1. The zero-order valence-electron chi connectivity index (χ0n) is 15.2. The smallest absolute Gasteiger partial charge is 0.252 e. The number of aromatic nitrogens is 1. The maximum Gasteiger partial charge on any atom is 0.252 e. The van der Waals surface area contributed by atoms with E-state index in [1.807, 2.05) is 31.2 Å². The van der Waals surface area contributed by atoms with Gasteiger partial charge in [0.15, 0.2) is 0 Å². The highest BCUT2D eigenvalue weighted by Crippen LogP contribution is 2.23. The van der Waals surface area contributed by atoms with Gasteiger partial charge in [0.25, 0.3) is 5.91 Å². The van der Waals surface area contributed by atoms with Gasteiger partial charge in [-0.25, -0.2) is 4.39 Å². The molecular weight excluding hydrogens is 361 g/mol. The third kappa shape index (κ3) is 3.38. The number of carbonyl (C=O) groups excluding carboxylic acids is 2. The number of H-pyrrole nitrogens is 1. The van der Waals surface area contributed by atoms with Crippen molar-refractivity contribution in [1.82, 2.24) is 10.3 Å². The van der Waals surface area contributed by atoms with E-state index in [1.54, 1.807) is 4.90 Å². The second kappa shape index (κ2) is 6.92. The van der Waals surface area contributed by atoms with Crippen LogP contribution in [0.1, 0.15) is 22.3 Å². The predicted molar refractivity (Wildman–Crippen MR) is 104 cm³/mol. The molecule has 1 fully saturated rings. The topological polar surface area (TPSA) is 82.3 Å². The number of aromatic amines is 1. The van der Waals surface area contributed by atoms with E-state index in [0.29, 0.717) is 11.9 Å². The molecule has 1 aliphatic heterocycles. The summed E-state index contributed by atoms with van der Waals surface area (Å²) in [7, 11) is 0. The Hall–Kier alpha value is -3.48. The van der Waals surface area contributed by atoms with Crippen molar-refractivity contribution in [2.24, 2.45) is 0 Å². The summed E-state index contributed by atoms with van der Waals surface area (Å²) < 4.78 is 13.4. The quantitative estimate of drug-likeness (QED) is 0.734. The fourth-order valence-electron chi connectivity index (χ4n) is 3.46. The van der Waals surface area contributed by atoms with E-state index in [4.69, 9.17) is 0 Å². The lowest BCUT2D eigenvalue weighted by Crippen LogP contribution is -2.37. The van der Waals surface area contributed by atoms with Crippen LogP contribution in [0.15, 0.2) is 53.3 Å². The first-order chi connectivity index (χ1) is 13.4. The molecule has 3 aromatic rings. The molecule has 6 nitrogen and oxygen atoms in total. The molecule has 1 atom stereocenters. The van der Waals surface area contributed by atoms with Crippen LogP contribution in [-0.4, -0.2) is 29.4 Å². The third-order valence-corrected chi connectivity index (χ3v) is 4.86. The molecule has 1 saturated heterocycles. The lowest BCUT2D eigenvalue weighted by atomic mass is 10.1. The van der Waals surface area contributed by atoms with E-state index < -0.39 is 17.3 Å². The van der Waals surface area contributed by atoms with Gasteiger partial charge in [0.2, 0.25) is 11.5 Å². The normalized spacial score (nSPS) is 16.6. The van der Waals surface area contributed by atoms with E-state index in [1.165, 1.54) is 24.3 Å². The molecule has 2 aromatic carbocycles. The molecule has 2 amide bonds. The number of rotatable bonds is 3. The van der Waals surface area contributed by atoms with Gasteiger partial charge in [-0.3, -0.25) is 14.4 Å². The molecule has 0 aliphatic carbocycles. The van der Waals surface area contributed by atoms with Gasteiger partial charge in [-0.15, -0.1) is 0 Å². The number of nitrogens with one attached hydrogen (secondary N) is 2. The first-order valence-corrected chi connectivity index (χ1v) is 8.91. The van der Waals surface area contributed by atoms with Crippen molar-refractivity contribution < 1.29 is 14.0 Å². The third-order valence-electron chi connectivity index (χ3n) is 4.86. The van der Waals surface area contributed by atoms with Crippen LogP contribution in [-0.2, 0) is 4.79 Å². The number of nitrogens with zero attached hydrogens (tertiary/aromatic N) is 1. The van der Waals surface area contributed by atoms with Crippen molar-refractivity contribution in [3.05, 3.63) is 75.8 Å². The van der Waals surface area contributed by atoms with Crippen molar-refractivity contribution in [1.29, 1.82) is 0 Å². The number of pyridine rings is 1. The summed E-state index contributed by atoms with van der Waals surface area (Å²) in [6, 6.07) is 12.3. The SMILES string of the molecule is Cc1ccc(N2C[C@@H](NC(=O)c3cc(=O)[nH]c4cc(F)ccc34)CC2=O)cc1. The maximum atomic E-state index is 13.4. The Bertz CT molecular complexity index is 1140. The summed E-state index contributed by atoms with van der Waals surface area (Å²) >= 11 is 0. The Morgan fingerprint density at radius 3 is 2.64 bits per heavy atom. The Kier molecular flexibility index (Phi) is 4.43. The molecule has 0 saturated carbocycles. The molecule has 142 valence electrons. The molecule has 1 aromatic heterocycles. The number of aryl methyl sites for hydroxylation is 1. The van der Waals surface area contributed by atoms with Crippen LogP contribution in [0.25, 0.3) is 10.9 Å². The summed E-state index contributed by atoms with van der Waals surface area (Å²) in [5.41, 5.74) is 1.79. The van der Waals surface area contributed by atoms with Crippen molar-refractivity contribution in [3.63, 3.8) is 0 Å². The summed E-state index contributed by atoms with van der Waals surface area (Å²) in [6.45, 7) is 2.32. The molecule has 0 radical (unpaired) electrons.